The van der Waals surface area contributed by atoms with E-state index < -0.39 is 10.0 Å². The molecule has 0 unspecified atom stereocenters. The van der Waals surface area contributed by atoms with Gasteiger partial charge in [0.05, 0.1) is 17.1 Å². The number of aryl methyl sites for hydroxylation is 3. The topological polar surface area (TPSA) is 75.5 Å². The van der Waals surface area contributed by atoms with Crippen LogP contribution in [-0.4, -0.2) is 35.0 Å². The van der Waals surface area contributed by atoms with E-state index in [9.17, 15) is 13.2 Å². The lowest BCUT2D eigenvalue weighted by atomic mass is 10.1. The van der Waals surface area contributed by atoms with Gasteiger partial charge in [0.1, 0.15) is 0 Å². The van der Waals surface area contributed by atoms with Gasteiger partial charge < -0.3 is 4.90 Å². The molecule has 0 spiro atoms. The van der Waals surface area contributed by atoms with Crippen LogP contribution < -0.4 is 4.90 Å². The van der Waals surface area contributed by atoms with Crippen molar-refractivity contribution in [3.05, 3.63) is 113 Å². The summed E-state index contributed by atoms with van der Waals surface area (Å²) in [7, 11) is -1.79. The molecule has 0 radical (unpaired) electrons. The molecule has 4 aromatic rings. The van der Waals surface area contributed by atoms with Crippen LogP contribution in [0.2, 0.25) is 0 Å². The van der Waals surface area contributed by atoms with E-state index in [1.807, 2.05) is 86.2 Å². The largest absolute Gasteiger partial charge is 0.302 e. The molecule has 3 aromatic carbocycles. The molecule has 0 saturated heterocycles. The molecule has 0 fully saturated rings. The van der Waals surface area contributed by atoms with Crippen LogP contribution in [0.1, 0.15) is 38.4 Å². The number of anilines is 1. The van der Waals surface area contributed by atoms with Crippen molar-refractivity contribution >= 4 is 21.6 Å². The molecular formula is C29H30N4O3S. The quantitative estimate of drug-likeness (QED) is 0.376. The molecule has 8 heteroatoms. The summed E-state index contributed by atoms with van der Waals surface area (Å²) in [6.45, 7) is 4.71. The summed E-state index contributed by atoms with van der Waals surface area (Å²) in [5.41, 5.74) is 5.89. The van der Waals surface area contributed by atoms with Crippen molar-refractivity contribution in [1.29, 1.82) is 0 Å². The van der Waals surface area contributed by atoms with Crippen LogP contribution in [0.15, 0.2) is 83.8 Å². The number of fused-ring (bicyclic) bond motifs is 1. The number of nitrogens with zero attached hydrogens (tertiary/aromatic N) is 4. The van der Waals surface area contributed by atoms with Crippen LogP contribution in [0, 0.1) is 13.8 Å². The second kappa shape index (κ2) is 9.95. The number of hydrogen-bond acceptors (Lipinski definition) is 4. The summed E-state index contributed by atoms with van der Waals surface area (Å²) in [4.78, 5) is 15.7. The summed E-state index contributed by atoms with van der Waals surface area (Å²) < 4.78 is 30.3. The van der Waals surface area contributed by atoms with Crippen molar-refractivity contribution in [3.63, 3.8) is 0 Å². The van der Waals surface area contributed by atoms with E-state index >= 15 is 0 Å². The number of benzene rings is 3. The maximum Gasteiger partial charge on any atom is 0.258 e. The molecular weight excluding hydrogens is 484 g/mol. The van der Waals surface area contributed by atoms with Gasteiger partial charge in [0.2, 0.25) is 10.0 Å². The molecule has 1 aliphatic heterocycles. The Hall–Kier alpha value is -3.75. The summed E-state index contributed by atoms with van der Waals surface area (Å²) in [5, 5.41) is 4.75. The number of sulfonamides is 1. The monoisotopic (exact) mass is 514 g/mol. The first kappa shape index (κ1) is 24.9. The Morgan fingerprint density at radius 1 is 0.946 bits per heavy atom. The van der Waals surface area contributed by atoms with Crippen LogP contribution >= 0.6 is 0 Å². The van der Waals surface area contributed by atoms with Gasteiger partial charge in [0, 0.05) is 49.1 Å². The SMILES string of the molecule is Cc1ccc(C(=O)N(Cc2nn(C)c3c2CN(S(=O)(=O)c2cccc(C)c2)CC3)c2ccccc2)cc1. The number of hydrogen-bond donors (Lipinski definition) is 0. The second-order valence-corrected chi connectivity index (χ2v) is 11.4. The van der Waals surface area contributed by atoms with Crippen molar-refractivity contribution in [2.75, 3.05) is 11.4 Å². The van der Waals surface area contributed by atoms with E-state index in [4.69, 9.17) is 5.10 Å². The van der Waals surface area contributed by atoms with Gasteiger partial charge in [-0.25, -0.2) is 8.42 Å². The lowest BCUT2D eigenvalue weighted by molar-refractivity contribution is 0.0984. The fourth-order valence-electron chi connectivity index (χ4n) is 4.79. The third kappa shape index (κ3) is 4.95. The zero-order chi connectivity index (χ0) is 26.2. The van der Waals surface area contributed by atoms with Crippen LogP contribution in [-0.2, 0) is 36.6 Å². The summed E-state index contributed by atoms with van der Waals surface area (Å²) >= 11 is 0. The van der Waals surface area contributed by atoms with E-state index in [0.717, 1.165) is 28.1 Å². The average molecular weight is 515 g/mol. The molecule has 0 saturated carbocycles. The van der Waals surface area contributed by atoms with Crippen molar-refractivity contribution in [3.8, 4) is 0 Å². The third-order valence-electron chi connectivity index (χ3n) is 6.84. The highest BCUT2D eigenvalue weighted by atomic mass is 32.2. The number of carbonyl (C=O) groups excluding carboxylic acids is 1. The van der Waals surface area contributed by atoms with Crippen molar-refractivity contribution in [2.45, 2.75) is 38.3 Å². The Bertz CT molecular complexity index is 1540. The Morgan fingerprint density at radius 2 is 1.68 bits per heavy atom. The van der Waals surface area contributed by atoms with Gasteiger partial charge in [0.25, 0.3) is 5.91 Å². The highest BCUT2D eigenvalue weighted by Gasteiger charge is 2.33. The molecule has 190 valence electrons. The first-order valence-electron chi connectivity index (χ1n) is 12.3. The van der Waals surface area contributed by atoms with Gasteiger partial charge in [-0.3, -0.25) is 9.48 Å². The van der Waals surface area contributed by atoms with Gasteiger partial charge in [-0.1, -0.05) is 48.0 Å². The Kier molecular flexibility index (Phi) is 6.70. The van der Waals surface area contributed by atoms with Crippen molar-refractivity contribution in [1.82, 2.24) is 14.1 Å². The summed E-state index contributed by atoms with van der Waals surface area (Å²) in [6, 6.07) is 24.0. The standard InChI is InChI=1S/C29H30N4O3S/c1-21-12-14-23(15-13-21)29(34)33(24-9-5-4-6-10-24)20-27-26-19-32(17-16-28(26)31(3)30-27)37(35,36)25-11-7-8-22(2)18-25/h4-15,18H,16-17,19-20H2,1-3H3. The fraction of sp³-hybridized carbons (Fsp3) is 0.241. The smallest absolute Gasteiger partial charge is 0.258 e. The van der Waals surface area contributed by atoms with E-state index in [0.29, 0.717) is 29.1 Å². The Balaban J connectivity index is 1.49. The van der Waals surface area contributed by atoms with Crippen molar-refractivity contribution < 1.29 is 13.2 Å². The maximum atomic E-state index is 13.7. The second-order valence-electron chi connectivity index (χ2n) is 9.49. The zero-order valence-corrected chi connectivity index (χ0v) is 22.1. The third-order valence-corrected chi connectivity index (χ3v) is 8.68. The first-order valence-corrected chi connectivity index (χ1v) is 13.7. The van der Waals surface area contributed by atoms with E-state index in [-0.39, 0.29) is 19.0 Å². The average Bonchev–Trinajstić information content (AvgIpc) is 3.22. The molecule has 7 nitrogen and oxygen atoms in total. The number of aromatic nitrogens is 2. The molecule has 0 aliphatic carbocycles. The summed E-state index contributed by atoms with van der Waals surface area (Å²) in [5.74, 6) is -0.134. The fourth-order valence-corrected chi connectivity index (χ4v) is 6.31. The van der Waals surface area contributed by atoms with E-state index in [1.165, 1.54) is 4.31 Å². The van der Waals surface area contributed by atoms with Crippen LogP contribution in [0.25, 0.3) is 0 Å². The van der Waals surface area contributed by atoms with Crippen molar-refractivity contribution in [2.24, 2.45) is 7.05 Å². The highest BCUT2D eigenvalue weighted by molar-refractivity contribution is 7.89. The normalized spacial score (nSPS) is 13.8. The number of carbonyl (C=O) groups is 1. The minimum absolute atomic E-state index is 0.134. The minimum atomic E-state index is -3.66. The molecule has 0 N–H and O–H groups in total. The van der Waals surface area contributed by atoms with Crippen LogP contribution in [0.5, 0.6) is 0 Å². The van der Waals surface area contributed by atoms with E-state index in [2.05, 4.69) is 0 Å². The predicted molar refractivity (Wildman–Crippen MR) is 144 cm³/mol. The Morgan fingerprint density at radius 3 is 2.38 bits per heavy atom. The molecule has 1 aromatic heterocycles. The highest BCUT2D eigenvalue weighted by Crippen LogP contribution is 2.29. The van der Waals surface area contributed by atoms with Crippen LogP contribution in [0.4, 0.5) is 5.69 Å². The van der Waals surface area contributed by atoms with Gasteiger partial charge in [-0.05, 0) is 55.8 Å². The van der Waals surface area contributed by atoms with Gasteiger partial charge in [0.15, 0.2) is 0 Å². The molecule has 0 atom stereocenters. The molecule has 2 heterocycles. The number of rotatable bonds is 6. The Labute approximate surface area is 218 Å². The summed E-state index contributed by atoms with van der Waals surface area (Å²) in [6.07, 6.45) is 0.557. The van der Waals surface area contributed by atoms with E-state index in [1.54, 1.807) is 23.1 Å². The van der Waals surface area contributed by atoms with Gasteiger partial charge >= 0.3 is 0 Å². The van der Waals surface area contributed by atoms with Gasteiger partial charge in [-0.15, -0.1) is 0 Å². The predicted octanol–water partition coefficient (Wildman–Crippen LogP) is 4.63. The molecule has 1 amide bonds. The molecule has 0 bridgehead atoms. The minimum Gasteiger partial charge on any atom is -0.302 e. The number of amides is 1. The maximum absolute atomic E-state index is 13.7. The molecule has 5 rings (SSSR count). The zero-order valence-electron chi connectivity index (χ0n) is 21.3. The molecule has 1 aliphatic rings. The molecule has 37 heavy (non-hydrogen) atoms. The first-order chi connectivity index (χ1) is 17.7. The lowest BCUT2D eigenvalue weighted by Crippen LogP contribution is -2.37. The lowest BCUT2D eigenvalue weighted by Gasteiger charge is -2.28. The van der Waals surface area contributed by atoms with Crippen LogP contribution in [0.3, 0.4) is 0 Å². The van der Waals surface area contributed by atoms with Gasteiger partial charge in [-0.2, -0.15) is 9.40 Å². The number of para-hydroxylation sites is 1.